The molecule has 1 N–H and O–H groups in total. The van der Waals surface area contributed by atoms with Crippen molar-refractivity contribution in [2.24, 2.45) is 0 Å². The van der Waals surface area contributed by atoms with E-state index in [1.807, 2.05) is 30.3 Å². The topological polar surface area (TPSA) is 168 Å². The molecule has 2 aromatic carbocycles. The van der Waals surface area contributed by atoms with E-state index < -0.39 is 42.4 Å². The largest absolute Gasteiger partial charge is 0.463 e. The summed E-state index contributed by atoms with van der Waals surface area (Å²) in [6, 6.07) is 16.9. The van der Waals surface area contributed by atoms with Crippen LogP contribution in [0.2, 0.25) is 10.0 Å². The summed E-state index contributed by atoms with van der Waals surface area (Å²) in [5.41, 5.74) is 2.41. The number of hydrogen-bond donors (Lipinski definition) is 1. The van der Waals surface area contributed by atoms with Gasteiger partial charge in [-0.3, -0.25) is 19.0 Å². The van der Waals surface area contributed by atoms with Crippen LogP contribution in [0.1, 0.15) is 49.9 Å². The fourth-order valence-corrected chi connectivity index (χ4v) is 5.46. The summed E-state index contributed by atoms with van der Waals surface area (Å²) < 4.78 is 23.7. The van der Waals surface area contributed by atoms with Gasteiger partial charge >= 0.3 is 17.9 Å². The van der Waals surface area contributed by atoms with E-state index in [1.165, 1.54) is 31.7 Å². The smallest absolute Gasteiger partial charge is 0.303 e. The summed E-state index contributed by atoms with van der Waals surface area (Å²) in [6.07, 6.45) is -3.02. The standard InChI is InChI=1S/C31H28Cl2N6O7/c1-16(40)43-14-24-27(44-17(2)41)28(45-18(3)42)31(46-24)39-15-36-26-29(37-25(12-34)38-30(26)39)35-13-23(19-4-8-21(32)9-5-19)20-6-10-22(33)11-7-20/h4-11,15,23-24,27-28,31H,13-14H2,1-3H3,(H,35,37,38)/t24-,27-,28-,31-/m1/s1. The van der Waals surface area contributed by atoms with E-state index in [-0.39, 0.29) is 29.8 Å². The van der Waals surface area contributed by atoms with Crippen molar-refractivity contribution in [1.82, 2.24) is 19.5 Å². The van der Waals surface area contributed by atoms with Gasteiger partial charge in [0.15, 0.2) is 35.4 Å². The molecular weight excluding hydrogens is 639 g/mol. The number of fused-ring (bicyclic) bond motifs is 1. The van der Waals surface area contributed by atoms with Gasteiger partial charge in [-0.25, -0.2) is 4.98 Å². The van der Waals surface area contributed by atoms with Crippen LogP contribution < -0.4 is 5.32 Å². The van der Waals surface area contributed by atoms with E-state index in [0.717, 1.165) is 11.1 Å². The van der Waals surface area contributed by atoms with E-state index in [9.17, 15) is 19.6 Å². The van der Waals surface area contributed by atoms with Crippen molar-refractivity contribution < 1.29 is 33.3 Å². The molecule has 0 unspecified atom stereocenters. The number of nitrogens with one attached hydrogen (secondary N) is 1. The second-order valence-corrected chi connectivity index (χ2v) is 11.3. The number of ether oxygens (including phenoxy) is 4. The minimum absolute atomic E-state index is 0.165. The average Bonchev–Trinajstić information content (AvgIpc) is 3.58. The Hall–Kier alpha value is -4.77. The van der Waals surface area contributed by atoms with Crippen molar-refractivity contribution in [2.45, 2.75) is 51.2 Å². The van der Waals surface area contributed by atoms with Crippen LogP contribution in [0.15, 0.2) is 54.9 Å². The summed E-state index contributed by atoms with van der Waals surface area (Å²) in [4.78, 5) is 48.9. The van der Waals surface area contributed by atoms with Gasteiger partial charge in [0, 0.05) is 43.3 Å². The molecule has 1 fully saturated rings. The maximum absolute atomic E-state index is 12.1. The Kier molecular flexibility index (Phi) is 10.0. The first-order valence-corrected chi connectivity index (χ1v) is 14.8. The maximum atomic E-state index is 12.1. The second-order valence-electron chi connectivity index (χ2n) is 10.4. The van der Waals surface area contributed by atoms with Crippen LogP contribution in [0.4, 0.5) is 5.82 Å². The molecule has 13 nitrogen and oxygen atoms in total. The van der Waals surface area contributed by atoms with E-state index >= 15 is 0 Å². The van der Waals surface area contributed by atoms with Gasteiger partial charge < -0.3 is 24.3 Å². The highest BCUT2D eigenvalue weighted by molar-refractivity contribution is 6.30. The Morgan fingerprint density at radius 2 is 1.52 bits per heavy atom. The molecule has 4 atom stereocenters. The van der Waals surface area contributed by atoms with Crippen molar-refractivity contribution in [2.75, 3.05) is 18.5 Å². The summed E-state index contributed by atoms with van der Waals surface area (Å²) in [6.45, 7) is 3.67. The third kappa shape index (κ3) is 7.37. The number of halogens is 2. The van der Waals surface area contributed by atoms with E-state index in [0.29, 0.717) is 22.1 Å². The lowest BCUT2D eigenvalue weighted by Crippen LogP contribution is -2.40. The molecule has 0 saturated carbocycles. The molecule has 5 rings (SSSR count). The number of nitriles is 1. The van der Waals surface area contributed by atoms with Gasteiger partial charge in [0.25, 0.3) is 0 Å². The average molecular weight is 668 g/mol. The number of carbonyl (C=O) groups excluding carboxylic acids is 3. The van der Waals surface area contributed by atoms with Crippen LogP contribution in [0.5, 0.6) is 0 Å². The Morgan fingerprint density at radius 3 is 2.07 bits per heavy atom. The third-order valence-corrected chi connectivity index (χ3v) is 7.66. The molecule has 0 spiro atoms. The van der Waals surface area contributed by atoms with Gasteiger partial charge in [-0.2, -0.15) is 15.2 Å². The number of imidazole rings is 1. The zero-order valence-electron chi connectivity index (χ0n) is 24.8. The third-order valence-electron chi connectivity index (χ3n) is 7.15. The molecule has 0 aliphatic carbocycles. The number of aromatic nitrogens is 4. The maximum Gasteiger partial charge on any atom is 0.303 e. The number of nitrogens with zero attached hydrogens (tertiary/aromatic N) is 5. The molecule has 2 aromatic heterocycles. The Balaban J connectivity index is 1.52. The molecular formula is C31H28Cl2N6O7. The molecule has 1 aliphatic rings. The van der Waals surface area contributed by atoms with Gasteiger partial charge in [-0.15, -0.1) is 0 Å². The van der Waals surface area contributed by atoms with Crippen molar-refractivity contribution in [3.05, 3.63) is 81.9 Å². The highest BCUT2D eigenvalue weighted by Crippen LogP contribution is 2.37. The summed E-state index contributed by atoms with van der Waals surface area (Å²) in [5.74, 6) is -1.98. The summed E-state index contributed by atoms with van der Waals surface area (Å²) >= 11 is 12.3. The van der Waals surface area contributed by atoms with Gasteiger partial charge in [-0.05, 0) is 35.4 Å². The first kappa shape index (κ1) is 32.6. The van der Waals surface area contributed by atoms with Crippen molar-refractivity contribution >= 4 is 58.1 Å². The molecule has 0 radical (unpaired) electrons. The number of benzene rings is 2. The van der Waals surface area contributed by atoms with E-state index in [2.05, 4.69) is 20.3 Å². The van der Waals surface area contributed by atoms with Crippen LogP contribution >= 0.6 is 23.2 Å². The summed E-state index contributed by atoms with van der Waals surface area (Å²) in [7, 11) is 0. The molecule has 4 aromatic rings. The monoisotopic (exact) mass is 666 g/mol. The molecule has 238 valence electrons. The lowest BCUT2D eigenvalue weighted by molar-refractivity contribution is -0.166. The zero-order valence-corrected chi connectivity index (χ0v) is 26.4. The molecule has 0 amide bonds. The van der Waals surface area contributed by atoms with Gasteiger partial charge in [0.1, 0.15) is 18.8 Å². The first-order chi connectivity index (χ1) is 22.0. The molecule has 15 heteroatoms. The normalized spacial score (nSPS) is 19.1. The lowest BCUT2D eigenvalue weighted by atomic mass is 9.91. The van der Waals surface area contributed by atoms with Gasteiger partial charge in [0.05, 0.1) is 6.33 Å². The Morgan fingerprint density at radius 1 is 0.935 bits per heavy atom. The highest BCUT2D eigenvalue weighted by Gasteiger charge is 2.51. The predicted octanol–water partition coefficient (Wildman–Crippen LogP) is 4.57. The lowest BCUT2D eigenvalue weighted by Gasteiger charge is -2.23. The minimum Gasteiger partial charge on any atom is -0.463 e. The van der Waals surface area contributed by atoms with Crippen LogP contribution in [0, 0.1) is 11.3 Å². The SMILES string of the molecule is CC(=O)OC[C@H]1O[C@@H](n2cnc3c(NCC(c4ccc(Cl)cc4)c4ccc(Cl)cc4)nc(C#N)nc32)[C@H](OC(C)=O)[C@@H]1OC(C)=O. The quantitative estimate of drug-likeness (QED) is 0.185. The van der Waals surface area contributed by atoms with Gasteiger partial charge in [-0.1, -0.05) is 47.5 Å². The number of esters is 3. The van der Waals surface area contributed by atoms with Crippen molar-refractivity contribution in [3.63, 3.8) is 0 Å². The second kappa shape index (κ2) is 14.1. The number of hydrogen-bond acceptors (Lipinski definition) is 12. The predicted molar refractivity (Wildman–Crippen MR) is 165 cm³/mol. The Labute approximate surface area is 273 Å². The van der Waals surface area contributed by atoms with Crippen LogP contribution in [0.3, 0.4) is 0 Å². The first-order valence-electron chi connectivity index (χ1n) is 14.1. The fourth-order valence-electron chi connectivity index (χ4n) is 5.21. The summed E-state index contributed by atoms with van der Waals surface area (Å²) in [5, 5.41) is 14.3. The highest BCUT2D eigenvalue weighted by atomic mass is 35.5. The molecule has 1 saturated heterocycles. The molecule has 1 aliphatic heterocycles. The van der Waals surface area contributed by atoms with Crippen LogP contribution in [0.25, 0.3) is 11.2 Å². The zero-order chi connectivity index (χ0) is 33.0. The number of anilines is 1. The number of rotatable bonds is 10. The fraction of sp³-hybridized carbons (Fsp3) is 0.323. The minimum atomic E-state index is -1.17. The molecule has 3 heterocycles. The van der Waals surface area contributed by atoms with Crippen LogP contribution in [-0.2, 0) is 33.3 Å². The van der Waals surface area contributed by atoms with Crippen molar-refractivity contribution in [3.8, 4) is 6.07 Å². The van der Waals surface area contributed by atoms with E-state index in [1.54, 1.807) is 24.3 Å². The molecule has 0 bridgehead atoms. The molecule has 46 heavy (non-hydrogen) atoms. The number of carbonyl (C=O) groups is 3. The Bertz CT molecular complexity index is 1750. The van der Waals surface area contributed by atoms with Crippen LogP contribution in [-0.4, -0.2) is 68.9 Å². The van der Waals surface area contributed by atoms with Crippen molar-refractivity contribution in [1.29, 1.82) is 5.26 Å². The van der Waals surface area contributed by atoms with Gasteiger partial charge in [0.2, 0.25) is 5.82 Å². The van der Waals surface area contributed by atoms with E-state index in [4.69, 9.17) is 42.1 Å².